The van der Waals surface area contributed by atoms with Crippen LogP contribution in [0.3, 0.4) is 0 Å². The molecule has 0 aromatic carbocycles. The fourth-order valence-electron chi connectivity index (χ4n) is 3.12. The zero-order valence-corrected chi connectivity index (χ0v) is 12.9. The van der Waals surface area contributed by atoms with Crippen molar-refractivity contribution in [1.29, 1.82) is 0 Å². The Morgan fingerprint density at radius 3 is 3.05 bits per heavy atom. The van der Waals surface area contributed by atoms with E-state index in [9.17, 15) is 9.59 Å². The number of carbonyl (C=O) groups is 2. The van der Waals surface area contributed by atoms with Crippen LogP contribution in [-0.2, 0) is 18.9 Å². The lowest BCUT2D eigenvalue weighted by Gasteiger charge is -2.31. The van der Waals surface area contributed by atoms with Crippen molar-refractivity contribution < 1.29 is 24.0 Å². The van der Waals surface area contributed by atoms with Crippen LogP contribution < -0.4 is 11.5 Å². The van der Waals surface area contributed by atoms with Crippen molar-refractivity contribution in [1.82, 2.24) is 4.90 Å². The summed E-state index contributed by atoms with van der Waals surface area (Å²) in [5.41, 5.74) is 10.6. The van der Waals surface area contributed by atoms with Gasteiger partial charge in [0.05, 0.1) is 6.61 Å². The molecule has 0 saturated carbocycles. The van der Waals surface area contributed by atoms with E-state index in [1.807, 2.05) is 6.92 Å². The van der Waals surface area contributed by atoms with Crippen molar-refractivity contribution in [3.05, 3.63) is 0 Å². The van der Waals surface area contributed by atoms with Crippen molar-refractivity contribution in [2.24, 2.45) is 17.4 Å². The van der Waals surface area contributed by atoms with Gasteiger partial charge >= 0.3 is 13.1 Å². The second-order valence-corrected chi connectivity index (χ2v) is 5.97. The van der Waals surface area contributed by atoms with Crippen LogP contribution in [0.15, 0.2) is 0 Å². The van der Waals surface area contributed by atoms with Crippen LogP contribution in [0.4, 0.5) is 0 Å². The van der Waals surface area contributed by atoms with Crippen LogP contribution in [-0.4, -0.2) is 66.9 Å². The highest BCUT2D eigenvalue weighted by atomic mass is 16.6. The predicted octanol–water partition coefficient (Wildman–Crippen LogP) is -1.68. The van der Waals surface area contributed by atoms with Gasteiger partial charge in [-0.15, -0.1) is 0 Å². The van der Waals surface area contributed by atoms with Gasteiger partial charge in [-0.2, -0.15) is 0 Å². The molecule has 0 aromatic heterocycles. The minimum atomic E-state index is -1.24. The number of carbonyl (C=O) groups excluding carboxylic acids is 2. The smallest absolute Gasteiger partial charge is 0.508 e. The Morgan fingerprint density at radius 1 is 1.68 bits per heavy atom. The lowest BCUT2D eigenvalue weighted by molar-refractivity contribution is -0.143. The Balaban J connectivity index is 2.12. The molecular formula is C13H24BN3O5. The monoisotopic (exact) mass is 313 g/mol. The molecule has 2 heterocycles. The van der Waals surface area contributed by atoms with Gasteiger partial charge in [0, 0.05) is 25.6 Å². The van der Waals surface area contributed by atoms with Gasteiger partial charge < -0.3 is 30.8 Å². The molecule has 22 heavy (non-hydrogen) atoms. The molecule has 2 aliphatic heterocycles. The van der Waals surface area contributed by atoms with Crippen LogP contribution >= 0.6 is 0 Å². The number of aliphatic hydroxyl groups excluding tert-OH is 1. The number of hydrogen-bond acceptors (Lipinski definition) is 7. The summed E-state index contributed by atoms with van der Waals surface area (Å²) in [7, 11) is -0.580. The van der Waals surface area contributed by atoms with Gasteiger partial charge in [-0.3, -0.25) is 9.59 Å². The summed E-state index contributed by atoms with van der Waals surface area (Å²) in [6.07, 6.45) is 2.14. The lowest BCUT2D eigenvalue weighted by Crippen LogP contribution is -2.58. The maximum absolute atomic E-state index is 12.4. The molecule has 2 aliphatic rings. The van der Waals surface area contributed by atoms with Gasteiger partial charge in [0.1, 0.15) is 11.6 Å². The molecule has 5 N–H and O–H groups in total. The van der Waals surface area contributed by atoms with Crippen molar-refractivity contribution in [3.63, 3.8) is 0 Å². The van der Waals surface area contributed by atoms with E-state index in [0.29, 0.717) is 25.9 Å². The number of likely N-dealkylation sites (tertiary alicyclic amines) is 1. The second-order valence-electron chi connectivity index (χ2n) is 5.97. The average Bonchev–Trinajstić information content (AvgIpc) is 2.82. The number of nitrogens with two attached hydrogens (primary N) is 2. The maximum atomic E-state index is 12.4. The first kappa shape index (κ1) is 17.2. The van der Waals surface area contributed by atoms with E-state index in [0.717, 1.165) is 6.42 Å². The van der Waals surface area contributed by atoms with E-state index in [1.54, 1.807) is 0 Å². The summed E-state index contributed by atoms with van der Waals surface area (Å²) >= 11 is 0. The van der Waals surface area contributed by atoms with Gasteiger partial charge in [0.2, 0.25) is 5.91 Å². The molecule has 0 spiro atoms. The highest BCUT2D eigenvalue weighted by Crippen LogP contribution is 2.33. The van der Waals surface area contributed by atoms with Gasteiger partial charge in [0.25, 0.3) is 0 Å². The number of aliphatic hydroxyl groups is 1. The molecule has 0 radical (unpaired) electrons. The zero-order chi connectivity index (χ0) is 16.3. The van der Waals surface area contributed by atoms with E-state index in [4.69, 9.17) is 25.9 Å². The quantitative estimate of drug-likeness (QED) is 0.529. The number of fused-ring (bicyclic) bond motifs is 1. The fraction of sp³-hybridized carbons (Fsp3) is 0.846. The highest BCUT2D eigenvalue weighted by Gasteiger charge is 2.53. The second kappa shape index (κ2) is 6.95. The Morgan fingerprint density at radius 2 is 2.41 bits per heavy atom. The molecule has 0 aromatic rings. The molecule has 3 atom stereocenters. The standard InChI is InChI=1S/C13H24BN3O5/c1-2-21-14-5-3-4-9-6-17(11(19)10(15)7-18)8-13(9,16)12(20)22-14/h9-10,18H,2-8,15-16H2,1H3/t9?,10?,13-/m0/s1. The minimum Gasteiger partial charge on any atom is -0.508 e. The minimum absolute atomic E-state index is 0.0574. The third kappa shape index (κ3) is 3.27. The highest BCUT2D eigenvalue weighted by molar-refractivity contribution is 6.47. The first-order valence-corrected chi connectivity index (χ1v) is 7.69. The summed E-state index contributed by atoms with van der Waals surface area (Å²) in [5, 5.41) is 9.01. The summed E-state index contributed by atoms with van der Waals surface area (Å²) in [6, 6.07) is -0.986. The average molecular weight is 313 g/mol. The van der Waals surface area contributed by atoms with E-state index < -0.39 is 37.2 Å². The number of amides is 1. The third-order valence-corrected chi connectivity index (χ3v) is 4.41. The zero-order valence-electron chi connectivity index (χ0n) is 12.9. The van der Waals surface area contributed by atoms with E-state index in [1.165, 1.54) is 4.90 Å². The molecule has 1 amide bonds. The van der Waals surface area contributed by atoms with Gasteiger partial charge in [-0.25, -0.2) is 0 Å². The van der Waals surface area contributed by atoms with Gasteiger partial charge in [-0.05, 0) is 19.7 Å². The van der Waals surface area contributed by atoms with Gasteiger partial charge in [-0.1, -0.05) is 6.42 Å². The number of hydrogen-bond donors (Lipinski definition) is 3. The largest absolute Gasteiger partial charge is 0.527 e. The summed E-state index contributed by atoms with van der Waals surface area (Å²) in [4.78, 5) is 26.0. The molecule has 2 rings (SSSR count). The predicted molar refractivity (Wildman–Crippen MR) is 79.6 cm³/mol. The fourth-order valence-corrected chi connectivity index (χ4v) is 3.12. The lowest BCUT2D eigenvalue weighted by atomic mass is 9.74. The van der Waals surface area contributed by atoms with Crippen LogP contribution in [0.25, 0.3) is 0 Å². The normalized spacial score (nSPS) is 30.4. The van der Waals surface area contributed by atoms with E-state index in [2.05, 4.69) is 0 Å². The Labute approximate surface area is 130 Å². The van der Waals surface area contributed by atoms with Crippen LogP contribution in [0.5, 0.6) is 0 Å². The van der Waals surface area contributed by atoms with Crippen molar-refractivity contribution >= 4 is 19.0 Å². The molecule has 9 heteroatoms. The van der Waals surface area contributed by atoms with Crippen molar-refractivity contribution in [2.75, 3.05) is 26.3 Å². The number of nitrogens with zero attached hydrogens (tertiary/aromatic N) is 1. The molecule has 8 nitrogen and oxygen atoms in total. The maximum Gasteiger partial charge on any atom is 0.527 e. The molecule has 2 unspecified atom stereocenters. The molecule has 0 aliphatic carbocycles. The van der Waals surface area contributed by atoms with E-state index >= 15 is 0 Å². The summed E-state index contributed by atoms with van der Waals surface area (Å²) in [5.74, 6) is -1.10. The van der Waals surface area contributed by atoms with Gasteiger partial charge in [0.15, 0.2) is 0 Å². The molecule has 0 bridgehead atoms. The van der Waals surface area contributed by atoms with Crippen LogP contribution in [0.2, 0.25) is 6.32 Å². The Hall–Kier alpha value is -1.16. The topological polar surface area (TPSA) is 128 Å². The van der Waals surface area contributed by atoms with Crippen LogP contribution in [0.1, 0.15) is 19.8 Å². The Kier molecular flexibility index (Phi) is 5.43. The van der Waals surface area contributed by atoms with Crippen molar-refractivity contribution in [2.45, 2.75) is 37.7 Å². The van der Waals surface area contributed by atoms with E-state index in [-0.39, 0.29) is 12.5 Å². The summed E-state index contributed by atoms with van der Waals surface area (Å²) in [6.45, 7) is 2.27. The Bertz CT molecular complexity index is 438. The SMILES string of the molecule is CCOB1CCCC2CN(C(=O)C(N)CO)C[C@@]2(N)C(=O)O1. The van der Waals surface area contributed by atoms with Crippen molar-refractivity contribution in [3.8, 4) is 0 Å². The third-order valence-electron chi connectivity index (χ3n) is 4.41. The molecule has 124 valence electrons. The first-order chi connectivity index (χ1) is 10.4. The van der Waals surface area contributed by atoms with Crippen LogP contribution in [0, 0.1) is 5.92 Å². The molecule has 2 fully saturated rings. The summed E-state index contributed by atoms with van der Waals surface area (Å²) < 4.78 is 10.7. The molecule has 2 saturated heterocycles. The molecular weight excluding hydrogens is 289 g/mol. The first-order valence-electron chi connectivity index (χ1n) is 7.69. The number of rotatable bonds is 4.